The van der Waals surface area contributed by atoms with E-state index in [0.717, 1.165) is 22.6 Å². The summed E-state index contributed by atoms with van der Waals surface area (Å²) < 4.78 is 18.3. The number of benzene rings is 2. The predicted molar refractivity (Wildman–Crippen MR) is 177 cm³/mol. The van der Waals surface area contributed by atoms with E-state index in [1.54, 1.807) is 22.7 Å². The van der Waals surface area contributed by atoms with E-state index in [-0.39, 0.29) is 12.0 Å². The third-order valence-electron chi connectivity index (χ3n) is 8.06. The quantitative estimate of drug-likeness (QED) is 0.249. The summed E-state index contributed by atoms with van der Waals surface area (Å²) in [7, 11) is 0. The molecule has 0 aliphatic carbocycles. The summed E-state index contributed by atoms with van der Waals surface area (Å²) in [5, 5.41) is 13.3. The number of carbonyl (C=O) groups excluding carboxylic acids is 2. The molecule has 2 aromatic carbocycles. The van der Waals surface area contributed by atoms with Gasteiger partial charge in [-0.25, -0.2) is 9.78 Å². The number of piperidine rings is 1. The monoisotopic (exact) mass is 642 g/mol. The molecule has 2 aliphatic heterocycles. The summed E-state index contributed by atoms with van der Waals surface area (Å²) in [6.07, 6.45) is 4.28. The number of thiazole rings is 1. The zero-order chi connectivity index (χ0) is 32.3. The minimum absolute atomic E-state index is 0.299. The Morgan fingerprint density at radius 1 is 1.02 bits per heavy atom. The predicted octanol–water partition coefficient (Wildman–Crippen LogP) is 6.56. The van der Waals surface area contributed by atoms with Gasteiger partial charge in [0.2, 0.25) is 0 Å². The Balaban J connectivity index is 1.26. The van der Waals surface area contributed by atoms with Crippen LogP contribution in [0.25, 0.3) is 10.6 Å². The van der Waals surface area contributed by atoms with Gasteiger partial charge in [0, 0.05) is 42.7 Å². The van der Waals surface area contributed by atoms with Crippen LogP contribution < -0.4 is 15.0 Å². The van der Waals surface area contributed by atoms with Gasteiger partial charge < -0.3 is 29.3 Å². The molecule has 0 radical (unpaired) electrons. The van der Waals surface area contributed by atoms with E-state index in [1.807, 2.05) is 76.2 Å². The first-order valence-corrected chi connectivity index (χ1v) is 16.2. The van der Waals surface area contributed by atoms with E-state index in [0.29, 0.717) is 67.8 Å². The Labute approximate surface area is 272 Å². The lowest BCUT2D eigenvalue weighted by Crippen LogP contribution is -2.58. The van der Waals surface area contributed by atoms with E-state index in [9.17, 15) is 9.59 Å². The normalized spacial score (nSPS) is 16.3. The largest absolute Gasteiger partial charge is 0.457 e. The first kappa shape index (κ1) is 31.4. The molecule has 2 aromatic heterocycles. The molecule has 4 heterocycles. The third kappa shape index (κ3) is 7.13. The summed E-state index contributed by atoms with van der Waals surface area (Å²) in [6, 6.07) is 15.2. The Bertz CT molecular complexity index is 1680. The zero-order valence-electron chi connectivity index (χ0n) is 26.5. The average molecular weight is 643 g/mol. The number of likely N-dealkylation sites (tertiary alicyclic amines) is 1. The molecule has 4 aromatic rings. The molecule has 0 unspecified atom stereocenters. The minimum Gasteiger partial charge on any atom is -0.457 e. The van der Waals surface area contributed by atoms with Gasteiger partial charge in [-0.3, -0.25) is 4.79 Å². The Morgan fingerprint density at radius 3 is 2.52 bits per heavy atom. The summed E-state index contributed by atoms with van der Waals surface area (Å²) >= 11 is 1.38. The number of anilines is 2. The van der Waals surface area contributed by atoms with E-state index >= 15 is 0 Å². The van der Waals surface area contributed by atoms with Crippen molar-refractivity contribution in [2.75, 3.05) is 43.0 Å². The zero-order valence-corrected chi connectivity index (χ0v) is 27.3. The van der Waals surface area contributed by atoms with Crippen molar-refractivity contribution in [1.29, 1.82) is 0 Å². The summed E-state index contributed by atoms with van der Waals surface area (Å²) in [4.78, 5) is 34.9. The van der Waals surface area contributed by atoms with Gasteiger partial charge in [0.25, 0.3) is 5.91 Å². The molecule has 6 rings (SSSR count). The molecule has 12 heteroatoms. The molecule has 1 N–H and O–H groups in total. The van der Waals surface area contributed by atoms with Gasteiger partial charge >= 0.3 is 6.09 Å². The second-order valence-corrected chi connectivity index (χ2v) is 13.4. The van der Waals surface area contributed by atoms with Gasteiger partial charge in [-0.1, -0.05) is 18.2 Å². The first-order chi connectivity index (χ1) is 22.1. The molecule has 1 spiro atoms. The molecule has 2 aliphatic rings. The smallest absolute Gasteiger partial charge is 0.410 e. The number of rotatable bonds is 6. The van der Waals surface area contributed by atoms with Crippen molar-refractivity contribution in [1.82, 2.24) is 20.1 Å². The standard InChI is InChI=1S/C34H38N6O5S/c1-23-28(44-25-8-6-5-7-9-25)11-10-26(37-30(41)27-21-46-31(38-27)24-12-15-35-36-20-24)29(23)40-18-19-43-34(22-40)13-16-39(17-14-34)32(42)45-33(2,3)4/h5-12,15,20-21H,13-14,16-19,22H2,1-4H3,(H,37,41). The average Bonchev–Trinajstić information content (AvgIpc) is 3.54. The van der Waals surface area contributed by atoms with Crippen molar-refractivity contribution in [2.45, 2.75) is 51.7 Å². The molecule has 11 nitrogen and oxygen atoms in total. The van der Waals surface area contributed by atoms with Crippen molar-refractivity contribution in [3.8, 4) is 22.1 Å². The van der Waals surface area contributed by atoms with Crippen molar-refractivity contribution in [3.05, 3.63) is 77.6 Å². The van der Waals surface area contributed by atoms with Crippen LogP contribution >= 0.6 is 11.3 Å². The minimum atomic E-state index is -0.550. The molecule has 0 saturated carbocycles. The maximum Gasteiger partial charge on any atom is 0.410 e. The molecule has 2 saturated heterocycles. The van der Waals surface area contributed by atoms with Crippen LogP contribution in [-0.2, 0) is 9.47 Å². The van der Waals surface area contributed by atoms with Crippen LogP contribution in [0.15, 0.2) is 66.3 Å². The molecule has 0 atom stereocenters. The number of hydrogen-bond acceptors (Lipinski definition) is 10. The SMILES string of the molecule is Cc1c(Oc2ccccc2)ccc(NC(=O)c2csc(-c3ccnnc3)n2)c1N1CCOC2(CCN(C(=O)OC(C)(C)C)CC2)C1. The number of nitrogens with zero attached hydrogens (tertiary/aromatic N) is 5. The summed E-state index contributed by atoms with van der Waals surface area (Å²) in [5.41, 5.74) is 2.55. The van der Waals surface area contributed by atoms with Gasteiger partial charge in [0.1, 0.15) is 27.8 Å². The number of ether oxygens (including phenoxy) is 3. The maximum absolute atomic E-state index is 13.6. The lowest BCUT2D eigenvalue weighted by Gasteiger charge is -2.48. The van der Waals surface area contributed by atoms with Gasteiger partial charge in [-0.05, 0) is 70.9 Å². The van der Waals surface area contributed by atoms with Crippen LogP contribution in [0.2, 0.25) is 0 Å². The van der Waals surface area contributed by atoms with E-state index in [4.69, 9.17) is 14.2 Å². The number of morpholine rings is 1. The highest BCUT2D eigenvalue weighted by Crippen LogP contribution is 2.41. The fraction of sp³-hybridized carbons (Fsp3) is 0.382. The van der Waals surface area contributed by atoms with Crippen molar-refractivity contribution < 1.29 is 23.8 Å². The van der Waals surface area contributed by atoms with Gasteiger partial charge in [0.15, 0.2) is 0 Å². The second-order valence-electron chi connectivity index (χ2n) is 12.5. The molecular formula is C34H38N6O5S. The Kier molecular flexibility index (Phi) is 8.92. The first-order valence-electron chi connectivity index (χ1n) is 15.4. The number of aromatic nitrogens is 3. The van der Waals surface area contributed by atoms with E-state index < -0.39 is 11.2 Å². The number of nitrogens with one attached hydrogen (secondary N) is 1. The van der Waals surface area contributed by atoms with Crippen LogP contribution in [0.4, 0.5) is 16.2 Å². The molecule has 2 fully saturated rings. The van der Waals surface area contributed by atoms with E-state index in [2.05, 4.69) is 25.4 Å². The third-order valence-corrected chi connectivity index (χ3v) is 8.95. The summed E-state index contributed by atoms with van der Waals surface area (Å²) in [6.45, 7) is 10.5. The molecule has 0 bridgehead atoms. The van der Waals surface area contributed by atoms with Gasteiger partial charge in [0.05, 0.1) is 36.0 Å². The van der Waals surface area contributed by atoms with Crippen molar-refractivity contribution >= 4 is 34.7 Å². The van der Waals surface area contributed by atoms with Crippen molar-refractivity contribution in [3.63, 3.8) is 0 Å². The lowest BCUT2D eigenvalue weighted by atomic mass is 9.89. The van der Waals surface area contributed by atoms with Crippen LogP contribution in [0.1, 0.15) is 49.7 Å². The second kappa shape index (κ2) is 13.1. The fourth-order valence-electron chi connectivity index (χ4n) is 5.79. The number of carbonyl (C=O) groups is 2. The molecular weight excluding hydrogens is 604 g/mol. The highest BCUT2D eigenvalue weighted by atomic mass is 32.1. The molecule has 240 valence electrons. The highest BCUT2D eigenvalue weighted by molar-refractivity contribution is 7.13. The van der Waals surface area contributed by atoms with Crippen LogP contribution in [-0.4, -0.2) is 76.1 Å². The van der Waals surface area contributed by atoms with Crippen LogP contribution in [0.5, 0.6) is 11.5 Å². The van der Waals surface area contributed by atoms with E-state index in [1.165, 1.54) is 11.3 Å². The topological polar surface area (TPSA) is 119 Å². The fourth-order valence-corrected chi connectivity index (χ4v) is 6.58. The number of para-hydroxylation sites is 1. The maximum atomic E-state index is 13.6. The molecule has 2 amide bonds. The van der Waals surface area contributed by atoms with Crippen LogP contribution in [0.3, 0.4) is 0 Å². The summed E-state index contributed by atoms with van der Waals surface area (Å²) in [5.74, 6) is 1.11. The highest BCUT2D eigenvalue weighted by Gasteiger charge is 2.42. The van der Waals surface area contributed by atoms with Crippen LogP contribution in [0, 0.1) is 6.92 Å². The lowest BCUT2D eigenvalue weighted by molar-refractivity contribution is -0.0912. The molecule has 46 heavy (non-hydrogen) atoms. The van der Waals surface area contributed by atoms with Crippen molar-refractivity contribution in [2.24, 2.45) is 0 Å². The van der Waals surface area contributed by atoms with Gasteiger partial charge in [-0.15, -0.1) is 11.3 Å². The Hall–Kier alpha value is -4.55. The number of amides is 2. The number of hydrogen-bond donors (Lipinski definition) is 1. The Morgan fingerprint density at radius 2 is 1.80 bits per heavy atom. The van der Waals surface area contributed by atoms with Gasteiger partial charge in [-0.2, -0.15) is 10.2 Å².